The van der Waals surface area contributed by atoms with Gasteiger partial charge in [-0.15, -0.1) is 11.8 Å². The van der Waals surface area contributed by atoms with Crippen molar-refractivity contribution < 1.29 is 23.6 Å². The van der Waals surface area contributed by atoms with E-state index in [-0.39, 0.29) is 12.5 Å². The van der Waals surface area contributed by atoms with Gasteiger partial charge in [0.15, 0.2) is 12.4 Å². The maximum absolute atomic E-state index is 12.3. The highest BCUT2D eigenvalue weighted by atomic mass is 32.2. The van der Waals surface area contributed by atoms with Crippen LogP contribution in [0, 0.1) is 0 Å². The summed E-state index contributed by atoms with van der Waals surface area (Å²) in [7, 11) is 1.60. The second kappa shape index (κ2) is 7.77. The molecule has 7 nitrogen and oxygen atoms in total. The molecule has 28 heavy (non-hydrogen) atoms. The Morgan fingerprint density at radius 1 is 1.21 bits per heavy atom. The molecule has 0 aliphatic carbocycles. The molecule has 142 valence electrons. The van der Waals surface area contributed by atoms with Crippen LogP contribution in [0.25, 0.3) is 11.3 Å². The van der Waals surface area contributed by atoms with E-state index < -0.39 is 5.97 Å². The molecule has 0 saturated heterocycles. The number of amides is 1. The van der Waals surface area contributed by atoms with E-state index in [9.17, 15) is 9.59 Å². The van der Waals surface area contributed by atoms with E-state index >= 15 is 0 Å². The van der Waals surface area contributed by atoms with Gasteiger partial charge in [0, 0.05) is 16.5 Å². The minimum absolute atomic E-state index is 0.0415. The molecule has 0 spiro atoms. The van der Waals surface area contributed by atoms with Gasteiger partial charge in [-0.3, -0.25) is 4.79 Å². The summed E-state index contributed by atoms with van der Waals surface area (Å²) in [5.74, 6) is 0.964. The number of aromatic nitrogens is 1. The summed E-state index contributed by atoms with van der Waals surface area (Å²) in [6.45, 7) is -0.0415. The first-order chi connectivity index (χ1) is 13.6. The molecule has 3 aromatic rings. The van der Waals surface area contributed by atoms with Gasteiger partial charge in [-0.25, -0.2) is 4.79 Å². The lowest BCUT2D eigenvalue weighted by Crippen LogP contribution is -2.19. The Bertz CT molecular complexity index is 1030. The highest BCUT2D eigenvalue weighted by Gasteiger charge is 2.18. The number of esters is 1. The normalized spacial score (nSPS) is 12.8. The molecule has 4 rings (SSSR count). The second-order valence-electron chi connectivity index (χ2n) is 6.03. The Labute approximate surface area is 165 Å². The van der Waals surface area contributed by atoms with Gasteiger partial charge >= 0.3 is 5.97 Å². The predicted octanol–water partition coefficient (Wildman–Crippen LogP) is 3.75. The molecule has 2 heterocycles. The topological polar surface area (TPSA) is 90.7 Å². The summed E-state index contributed by atoms with van der Waals surface area (Å²) >= 11 is 1.44. The second-order valence-corrected chi connectivity index (χ2v) is 7.05. The third kappa shape index (κ3) is 3.86. The largest absolute Gasteiger partial charge is 0.497 e. The number of ether oxygens (including phenoxy) is 2. The smallest absolute Gasteiger partial charge is 0.338 e. The molecule has 1 N–H and O–H groups in total. The van der Waals surface area contributed by atoms with Crippen molar-refractivity contribution in [3.8, 4) is 17.0 Å². The number of nitrogens with zero attached hydrogens (tertiary/aromatic N) is 1. The van der Waals surface area contributed by atoms with Crippen LogP contribution in [-0.2, 0) is 16.1 Å². The summed E-state index contributed by atoms with van der Waals surface area (Å²) in [4.78, 5) is 24.7. The van der Waals surface area contributed by atoms with Crippen LogP contribution in [0.3, 0.4) is 0 Å². The Kier molecular flexibility index (Phi) is 5.03. The van der Waals surface area contributed by atoms with Gasteiger partial charge in [0.1, 0.15) is 11.4 Å². The molecular weight excluding hydrogens is 380 g/mol. The molecule has 1 amide bonds. The molecule has 2 aromatic carbocycles. The minimum Gasteiger partial charge on any atom is -0.497 e. The van der Waals surface area contributed by atoms with Gasteiger partial charge in [0.2, 0.25) is 5.91 Å². The van der Waals surface area contributed by atoms with E-state index in [0.29, 0.717) is 28.5 Å². The molecule has 0 atom stereocenters. The summed E-state index contributed by atoms with van der Waals surface area (Å²) in [6.07, 6.45) is 0. The summed E-state index contributed by atoms with van der Waals surface area (Å²) in [6, 6.07) is 14.2. The first kappa shape index (κ1) is 18.1. The van der Waals surface area contributed by atoms with E-state index in [4.69, 9.17) is 14.0 Å². The van der Waals surface area contributed by atoms with Crippen molar-refractivity contribution in [2.24, 2.45) is 0 Å². The summed E-state index contributed by atoms with van der Waals surface area (Å²) < 4.78 is 15.7. The molecule has 0 fully saturated rings. The van der Waals surface area contributed by atoms with Gasteiger partial charge < -0.3 is 19.3 Å². The predicted molar refractivity (Wildman–Crippen MR) is 103 cm³/mol. The standard InChI is InChI=1S/C20H16N2O5S/c1-25-14-5-2-12(3-6-14)16-9-15(27-22-16)10-26-20(24)13-4-7-18-17(8-13)21-19(23)11-28-18/h2-9H,10-11H2,1H3,(H,21,23). The van der Waals surface area contributed by atoms with Crippen LogP contribution < -0.4 is 10.1 Å². The molecule has 0 radical (unpaired) electrons. The lowest BCUT2D eigenvalue weighted by Gasteiger charge is -2.16. The quantitative estimate of drug-likeness (QED) is 0.657. The highest BCUT2D eigenvalue weighted by Crippen LogP contribution is 2.32. The number of carbonyl (C=O) groups excluding carboxylic acids is 2. The van der Waals surface area contributed by atoms with Gasteiger partial charge in [0.05, 0.1) is 24.1 Å². The number of fused-ring (bicyclic) bond motifs is 1. The van der Waals surface area contributed by atoms with Crippen molar-refractivity contribution in [1.82, 2.24) is 5.16 Å². The molecular formula is C20H16N2O5S. The van der Waals surface area contributed by atoms with Crippen LogP contribution in [0.2, 0.25) is 0 Å². The first-order valence-electron chi connectivity index (χ1n) is 8.46. The number of rotatable bonds is 5. The number of hydrogen-bond acceptors (Lipinski definition) is 7. The van der Waals surface area contributed by atoms with Gasteiger partial charge in [0.25, 0.3) is 0 Å². The number of thioether (sulfide) groups is 1. The van der Waals surface area contributed by atoms with Crippen LogP contribution >= 0.6 is 11.8 Å². The number of anilines is 1. The lowest BCUT2D eigenvalue weighted by atomic mass is 10.1. The Hall–Kier alpha value is -3.26. The Morgan fingerprint density at radius 2 is 2.04 bits per heavy atom. The molecule has 8 heteroatoms. The van der Waals surface area contributed by atoms with E-state index in [1.54, 1.807) is 31.4 Å². The maximum atomic E-state index is 12.3. The highest BCUT2D eigenvalue weighted by molar-refractivity contribution is 8.00. The van der Waals surface area contributed by atoms with Crippen LogP contribution in [0.15, 0.2) is 57.9 Å². The zero-order valence-electron chi connectivity index (χ0n) is 14.9. The van der Waals surface area contributed by atoms with Crippen LogP contribution in [0.4, 0.5) is 5.69 Å². The van der Waals surface area contributed by atoms with Crippen molar-refractivity contribution in [2.45, 2.75) is 11.5 Å². The Morgan fingerprint density at radius 3 is 2.82 bits per heavy atom. The monoisotopic (exact) mass is 396 g/mol. The summed E-state index contributed by atoms with van der Waals surface area (Å²) in [5, 5.41) is 6.75. The summed E-state index contributed by atoms with van der Waals surface area (Å²) in [5.41, 5.74) is 2.49. The van der Waals surface area contributed by atoms with E-state index in [1.165, 1.54) is 11.8 Å². The number of nitrogens with one attached hydrogen (secondary N) is 1. The molecule has 0 bridgehead atoms. The van der Waals surface area contributed by atoms with Crippen molar-refractivity contribution in [3.05, 3.63) is 59.9 Å². The minimum atomic E-state index is -0.505. The average Bonchev–Trinajstić information content (AvgIpc) is 3.20. The number of carbonyl (C=O) groups is 2. The third-order valence-electron chi connectivity index (χ3n) is 4.14. The molecule has 1 aliphatic heterocycles. The van der Waals surface area contributed by atoms with Crippen LogP contribution in [-0.4, -0.2) is 29.9 Å². The van der Waals surface area contributed by atoms with E-state index in [1.807, 2.05) is 24.3 Å². The third-order valence-corrected chi connectivity index (χ3v) is 5.21. The average molecular weight is 396 g/mol. The number of hydrogen-bond donors (Lipinski definition) is 1. The van der Waals surface area contributed by atoms with Crippen molar-refractivity contribution >= 4 is 29.3 Å². The van der Waals surface area contributed by atoms with Gasteiger partial charge in [-0.2, -0.15) is 0 Å². The van der Waals surface area contributed by atoms with Gasteiger partial charge in [-0.05, 0) is 42.5 Å². The SMILES string of the molecule is COc1ccc(-c2cc(COC(=O)c3ccc4c(c3)NC(=O)CS4)on2)cc1. The molecule has 0 unspecified atom stereocenters. The first-order valence-corrected chi connectivity index (χ1v) is 9.45. The molecule has 1 aliphatic rings. The molecule has 1 aromatic heterocycles. The number of methoxy groups -OCH3 is 1. The van der Waals surface area contributed by atoms with Crippen molar-refractivity contribution in [1.29, 1.82) is 0 Å². The fraction of sp³-hybridized carbons (Fsp3) is 0.150. The lowest BCUT2D eigenvalue weighted by molar-refractivity contribution is -0.113. The zero-order valence-corrected chi connectivity index (χ0v) is 15.7. The Balaban J connectivity index is 1.40. The maximum Gasteiger partial charge on any atom is 0.338 e. The van der Waals surface area contributed by atoms with Gasteiger partial charge in [-0.1, -0.05) is 5.16 Å². The fourth-order valence-electron chi connectivity index (χ4n) is 2.71. The van der Waals surface area contributed by atoms with E-state index in [2.05, 4.69) is 10.5 Å². The van der Waals surface area contributed by atoms with Crippen LogP contribution in [0.1, 0.15) is 16.1 Å². The van der Waals surface area contributed by atoms with Crippen molar-refractivity contribution in [3.63, 3.8) is 0 Å². The number of benzene rings is 2. The zero-order chi connectivity index (χ0) is 19.5. The fourth-order valence-corrected chi connectivity index (χ4v) is 3.50. The van der Waals surface area contributed by atoms with Crippen LogP contribution in [0.5, 0.6) is 5.75 Å². The molecule has 0 saturated carbocycles. The van der Waals surface area contributed by atoms with E-state index in [0.717, 1.165) is 16.2 Å². The van der Waals surface area contributed by atoms with Crippen molar-refractivity contribution in [2.75, 3.05) is 18.2 Å².